The van der Waals surface area contributed by atoms with Crippen molar-refractivity contribution in [1.29, 1.82) is 0 Å². The average Bonchev–Trinajstić information content (AvgIpc) is 2.56. The van der Waals surface area contributed by atoms with Crippen molar-refractivity contribution in [2.75, 3.05) is 12.3 Å². The standard InChI is InChI=1S/C16H15FN2O3S/c17-14-7-3-1-5-12(14)11-23-10-9-18-16(20)13-6-2-4-8-15(13)19(21)22/h1-8H,9-11H2,(H,18,20). The van der Waals surface area contributed by atoms with Crippen LogP contribution < -0.4 is 5.32 Å². The summed E-state index contributed by atoms with van der Waals surface area (Å²) in [5.74, 6) is 0.363. The molecular weight excluding hydrogens is 319 g/mol. The molecule has 1 amide bonds. The number of carbonyl (C=O) groups excluding carboxylic acids is 1. The van der Waals surface area contributed by atoms with E-state index >= 15 is 0 Å². The molecule has 0 aliphatic heterocycles. The second-order valence-corrected chi connectivity index (χ2v) is 5.78. The highest BCUT2D eigenvalue weighted by Gasteiger charge is 2.18. The van der Waals surface area contributed by atoms with E-state index < -0.39 is 10.8 Å². The van der Waals surface area contributed by atoms with Crippen molar-refractivity contribution in [3.8, 4) is 0 Å². The monoisotopic (exact) mass is 334 g/mol. The van der Waals surface area contributed by atoms with E-state index in [1.807, 2.05) is 0 Å². The molecule has 0 bridgehead atoms. The number of hydrogen-bond acceptors (Lipinski definition) is 4. The fourth-order valence-corrected chi connectivity index (χ4v) is 2.80. The van der Waals surface area contributed by atoms with E-state index in [9.17, 15) is 19.3 Å². The quantitative estimate of drug-likeness (QED) is 0.478. The molecule has 5 nitrogen and oxygen atoms in total. The number of para-hydroxylation sites is 1. The van der Waals surface area contributed by atoms with Crippen molar-refractivity contribution in [2.24, 2.45) is 0 Å². The van der Waals surface area contributed by atoms with E-state index in [0.29, 0.717) is 23.6 Å². The van der Waals surface area contributed by atoms with E-state index in [0.717, 1.165) is 0 Å². The minimum Gasteiger partial charge on any atom is -0.351 e. The third-order valence-corrected chi connectivity index (χ3v) is 4.10. The predicted octanol–water partition coefficient (Wildman–Crippen LogP) is 3.40. The van der Waals surface area contributed by atoms with Gasteiger partial charge in [-0.25, -0.2) is 4.39 Å². The lowest BCUT2D eigenvalue weighted by Crippen LogP contribution is -2.26. The van der Waals surface area contributed by atoms with Crippen molar-refractivity contribution in [3.05, 3.63) is 75.6 Å². The molecule has 0 saturated heterocycles. The number of benzene rings is 2. The molecule has 1 N–H and O–H groups in total. The zero-order valence-corrected chi connectivity index (χ0v) is 13.0. The van der Waals surface area contributed by atoms with Gasteiger partial charge in [0, 0.05) is 24.1 Å². The third-order valence-electron chi connectivity index (χ3n) is 3.09. The first-order valence-corrected chi connectivity index (χ1v) is 8.08. The summed E-state index contributed by atoms with van der Waals surface area (Å²) in [6.45, 7) is 0.351. The van der Waals surface area contributed by atoms with Crippen LogP contribution in [0.15, 0.2) is 48.5 Å². The van der Waals surface area contributed by atoms with E-state index in [-0.39, 0.29) is 17.1 Å². The van der Waals surface area contributed by atoms with Gasteiger partial charge in [0.2, 0.25) is 0 Å². The number of carbonyl (C=O) groups is 1. The van der Waals surface area contributed by atoms with Gasteiger partial charge in [-0.05, 0) is 17.7 Å². The van der Waals surface area contributed by atoms with Crippen LogP contribution in [0, 0.1) is 15.9 Å². The number of amides is 1. The van der Waals surface area contributed by atoms with Gasteiger partial charge in [-0.15, -0.1) is 0 Å². The smallest absolute Gasteiger partial charge is 0.282 e. The van der Waals surface area contributed by atoms with Gasteiger partial charge in [0.25, 0.3) is 11.6 Å². The second-order valence-electron chi connectivity index (χ2n) is 4.67. The number of rotatable bonds is 7. The van der Waals surface area contributed by atoms with Gasteiger partial charge < -0.3 is 5.32 Å². The van der Waals surface area contributed by atoms with E-state index in [2.05, 4.69) is 5.32 Å². The lowest BCUT2D eigenvalue weighted by molar-refractivity contribution is -0.385. The molecule has 0 atom stereocenters. The molecule has 120 valence electrons. The molecule has 2 aromatic carbocycles. The minimum atomic E-state index is -0.582. The Hall–Kier alpha value is -2.41. The number of nitrogens with zero attached hydrogens (tertiary/aromatic N) is 1. The maximum absolute atomic E-state index is 13.4. The molecule has 0 aromatic heterocycles. The Morgan fingerprint density at radius 2 is 1.87 bits per heavy atom. The van der Waals surface area contributed by atoms with Crippen LogP contribution in [-0.2, 0) is 5.75 Å². The molecular formula is C16H15FN2O3S. The number of nitro benzene ring substituents is 1. The number of nitro groups is 1. The van der Waals surface area contributed by atoms with Crippen LogP contribution in [0.25, 0.3) is 0 Å². The Morgan fingerprint density at radius 3 is 2.61 bits per heavy atom. The topological polar surface area (TPSA) is 72.2 Å². The van der Waals surface area contributed by atoms with Crippen LogP contribution >= 0.6 is 11.8 Å². The summed E-state index contributed by atoms with van der Waals surface area (Å²) in [6.07, 6.45) is 0. The fourth-order valence-electron chi connectivity index (χ4n) is 1.95. The molecule has 0 fully saturated rings. The molecule has 2 aromatic rings. The maximum atomic E-state index is 13.4. The van der Waals surface area contributed by atoms with Gasteiger partial charge in [-0.1, -0.05) is 30.3 Å². The number of thioether (sulfide) groups is 1. The number of hydrogen-bond donors (Lipinski definition) is 1. The molecule has 0 saturated carbocycles. The van der Waals surface area contributed by atoms with Crippen molar-refractivity contribution < 1.29 is 14.1 Å². The molecule has 2 rings (SSSR count). The average molecular weight is 334 g/mol. The largest absolute Gasteiger partial charge is 0.351 e. The zero-order valence-electron chi connectivity index (χ0n) is 12.2. The lowest BCUT2D eigenvalue weighted by atomic mass is 10.1. The van der Waals surface area contributed by atoms with Gasteiger partial charge in [0.1, 0.15) is 11.4 Å². The first kappa shape index (κ1) is 17.0. The summed E-state index contributed by atoms with van der Waals surface area (Å²) in [6, 6.07) is 12.3. The molecule has 23 heavy (non-hydrogen) atoms. The highest BCUT2D eigenvalue weighted by Crippen LogP contribution is 2.18. The zero-order chi connectivity index (χ0) is 16.7. The van der Waals surface area contributed by atoms with Crippen LogP contribution in [0.5, 0.6) is 0 Å². The Labute approximate surface area is 137 Å². The highest BCUT2D eigenvalue weighted by atomic mass is 32.2. The lowest BCUT2D eigenvalue weighted by Gasteiger charge is -2.06. The Balaban J connectivity index is 1.80. The normalized spacial score (nSPS) is 10.3. The third kappa shape index (κ3) is 4.79. The van der Waals surface area contributed by atoms with E-state index in [1.165, 1.54) is 36.0 Å². The van der Waals surface area contributed by atoms with Crippen LogP contribution in [0.2, 0.25) is 0 Å². The summed E-state index contributed by atoms with van der Waals surface area (Å²) in [5.41, 5.74) is 0.433. The molecule has 7 heteroatoms. The molecule has 0 aliphatic carbocycles. The first-order chi connectivity index (χ1) is 11.1. The van der Waals surface area contributed by atoms with Gasteiger partial charge in [0.05, 0.1) is 4.92 Å². The second kappa shape index (κ2) is 8.28. The Morgan fingerprint density at radius 1 is 1.17 bits per heavy atom. The van der Waals surface area contributed by atoms with Crippen molar-refractivity contribution in [1.82, 2.24) is 5.32 Å². The van der Waals surface area contributed by atoms with Gasteiger partial charge in [0.15, 0.2) is 0 Å². The van der Waals surface area contributed by atoms with Crippen molar-refractivity contribution in [3.63, 3.8) is 0 Å². The van der Waals surface area contributed by atoms with Gasteiger partial charge in [-0.3, -0.25) is 14.9 Å². The summed E-state index contributed by atoms with van der Waals surface area (Å²) in [7, 11) is 0. The van der Waals surface area contributed by atoms with E-state index in [4.69, 9.17) is 0 Å². The summed E-state index contributed by atoms with van der Waals surface area (Å²) < 4.78 is 13.4. The van der Waals surface area contributed by atoms with Crippen LogP contribution in [-0.4, -0.2) is 23.1 Å². The predicted molar refractivity (Wildman–Crippen MR) is 88.0 cm³/mol. The van der Waals surface area contributed by atoms with Crippen molar-refractivity contribution in [2.45, 2.75) is 5.75 Å². The molecule has 0 radical (unpaired) electrons. The Bertz CT molecular complexity index is 709. The van der Waals surface area contributed by atoms with Crippen LogP contribution in [0.3, 0.4) is 0 Å². The maximum Gasteiger partial charge on any atom is 0.282 e. The van der Waals surface area contributed by atoms with Crippen molar-refractivity contribution >= 4 is 23.4 Å². The molecule has 0 spiro atoms. The summed E-state index contributed by atoms with van der Waals surface area (Å²) in [5, 5.41) is 13.5. The minimum absolute atomic E-state index is 0.0385. The number of nitrogens with one attached hydrogen (secondary N) is 1. The molecule has 0 unspecified atom stereocenters. The molecule has 0 aliphatic rings. The Kier molecular flexibility index (Phi) is 6.10. The van der Waals surface area contributed by atoms with E-state index in [1.54, 1.807) is 24.3 Å². The number of halogens is 1. The first-order valence-electron chi connectivity index (χ1n) is 6.92. The van der Waals surface area contributed by atoms with Gasteiger partial charge >= 0.3 is 0 Å². The van der Waals surface area contributed by atoms with Crippen LogP contribution in [0.1, 0.15) is 15.9 Å². The molecule has 0 heterocycles. The SMILES string of the molecule is O=C(NCCSCc1ccccc1F)c1ccccc1[N+](=O)[O-]. The summed E-state index contributed by atoms with van der Waals surface area (Å²) >= 11 is 1.48. The highest BCUT2D eigenvalue weighted by molar-refractivity contribution is 7.98. The summed E-state index contributed by atoms with van der Waals surface area (Å²) in [4.78, 5) is 22.3. The van der Waals surface area contributed by atoms with Gasteiger partial charge in [-0.2, -0.15) is 11.8 Å². The fraction of sp³-hybridized carbons (Fsp3) is 0.188. The van der Waals surface area contributed by atoms with Crippen LogP contribution in [0.4, 0.5) is 10.1 Å².